The fourth-order valence-electron chi connectivity index (χ4n) is 3.74. The second kappa shape index (κ2) is 6.51. The lowest BCUT2D eigenvalue weighted by molar-refractivity contribution is 0.198. The highest BCUT2D eigenvalue weighted by Gasteiger charge is 2.36. The van der Waals surface area contributed by atoms with Gasteiger partial charge in [0.1, 0.15) is 12.1 Å². The number of hydrogen-bond acceptors (Lipinski definition) is 5. The smallest absolute Gasteiger partial charge is 0.132 e. The minimum atomic E-state index is 0.604. The number of likely N-dealkylation sites (tertiary alicyclic amines) is 1. The standard InChI is InChI=1S/C18H26N6/c1-14-9-18(20-12-19-14)24(16-3-4-16)17-5-7-23(8-6-17)11-15-10-22(2)13-21-15/h9-10,12-13,16-17H,3-8,11H2,1-2H3. The van der Waals surface area contributed by atoms with Gasteiger partial charge in [-0.2, -0.15) is 0 Å². The summed E-state index contributed by atoms with van der Waals surface area (Å²) in [7, 11) is 2.03. The van der Waals surface area contributed by atoms with Crippen molar-refractivity contribution in [2.75, 3.05) is 18.0 Å². The average molecular weight is 326 g/mol. The first-order chi connectivity index (χ1) is 11.7. The lowest BCUT2D eigenvalue weighted by Gasteiger charge is -2.39. The van der Waals surface area contributed by atoms with Crippen LogP contribution in [0.25, 0.3) is 0 Å². The fraction of sp³-hybridized carbons (Fsp3) is 0.611. The molecule has 0 spiro atoms. The lowest BCUT2D eigenvalue weighted by Crippen LogP contribution is -2.46. The van der Waals surface area contributed by atoms with Crippen LogP contribution in [0.15, 0.2) is 24.9 Å². The third-order valence-electron chi connectivity index (χ3n) is 5.09. The van der Waals surface area contributed by atoms with Crippen molar-refractivity contribution in [2.45, 2.75) is 51.2 Å². The predicted molar refractivity (Wildman–Crippen MR) is 93.8 cm³/mol. The molecule has 1 saturated heterocycles. The Hall–Kier alpha value is -1.95. The van der Waals surface area contributed by atoms with Crippen molar-refractivity contribution < 1.29 is 0 Å². The number of rotatable bonds is 5. The Morgan fingerprint density at radius 1 is 1.08 bits per heavy atom. The van der Waals surface area contributed by atoms with Crippen molar-refractivity contribution >= 4 is 5.82 Å². The van der Waals surface area contributed by atoms with Crippen LogP contribution in [0.3, 0.4) is 0 Å². The number of aromatic nitrogens is 4. The van der Waals surface area contributed by atoms with Crippen LogP contribution in [0.5, 0.6) is 0 Å². The van der Waals surface area contributed by atoms with Gasteiger partial charge in [0.2, 0.25) is 0 Å². The zero-order chi connectivity index (χ0) is 16.5. The Morgan fingerprint density at radius 3 is 2.46 bits per heavy atom. The van der Waals surface area contributed by atoms with Gasteiger partial charge in [0.15, 0.2) is 0 Å². The summed E-state index contributed by atoms with van der Waals surface area (Å²) in [4.78, 5) is 18.4. The van der Waals surface area contributed by atoms with Crippen molar-refractivity contribution in [3.63, 3.8) is 0 Å². The topological polar surface area (TPSA) is 50.1 Å². The summed E-state index contributed by atoms with van der Waals surface area (Å²) in [6.45, 7) is 5.28. The van der Waals surface area contributed by atoms with E-state index in [1.165, 1.54) is 31.4 Å². The minimum absolute atomic E-state index is 0.604. The number of imidazole rings is 1. The van der Waals surface area contributed by atoms with E-state index in [0.717, 1.165) is 31.1 Å². The van der Waals surface area contributed by atoms with Gasteiger partial charge in [0, 0.05) is 56.7 Å². The summed E-state index contributed by atoms with van der Waals surface area (Å²) < 4.78 is 2.02. The molecule has 0 amide bonds. The molecule has 1 aliphatic heterocycles. The Labute approximate surface area is 143 Å². The van der Waals surface area contributed by atoms with Crippen LogP contribution in [-0.4, -0.2) is 49.6 Å². The molecular formula is C18H26N6. The Balaban J connectivity index is 1.40. The zero-order valence-electron chi connectivity index (χ0n) is 14.6. The third kappa shape index (κ3) is 3.43. The SMILES string of the molecule is Cc1cc(N(C2CC2)C2CCN(Cc3cn(C)cn3)CC2)ncn1. The van der Waals surface area contributed by atoms with E-state index < -0.39 is 0 Å². The van der Waals surface area contributed by atoms with E-state index in [4.69, 9.17) is 0 Å². The molecule has 24 heavy (non-hydrogen) atoms. The molecule has 128 valence electrons. The maximum absolute atomic E-state index is 4.55. The molecular weight excluding hydrogens is 300 g/mol. The van der Waals surface area contributed by atoms with Crippen molar-refractivity contribution in [3.05, 3.63) is 36.3 Å². The molecule has 2 fully saturated rings. The third-order valence-corrected chi connectivity index (χ3v) is 5.09. The van der Waals surface area contributed by atoms with Crippen LogP contribution in [-0.2, 0) is 13.6 Å². The van der Waals surface area contributed by atoms with E-state index in [9.17, 15) is 0 Å². The van der Waals surface area contributed by atoms with Gasteiger partial charge in [0.25, 0.3) is 0 Å². The highest BCUT2D eigenvalue weighted by atomic mass is 15.3. The van der Waals surface area contributed by atoms with Gasteiger partial charge >= 0.3 is 0 Å². The number of nitrogens with zero attached hydrogens (tertiary/aromatic N) is 6. The van der Waals surface area contributed by atoms with Crippen LogP contribution in [0.4, 0.5) is 5.82 Å². The van der Waals surface area contributed by atoms with Gasteiger partial charge in [0.05, 0.1) is 12.0 Å². The minimum Gasteiger partial charge on any atom is -0.350 e. The molecule has 0 radical (unpaired) electrons. The van der Waals surface area contributed by atoms with E-state index in [1.807, 2.05) is 24.9 Å². The van der Waals surface area contributed by atoms with E-state index in [1.54, 1.807) is 6.33 Å². The second-order valence-corrected chi connectivity index (χ2v) is 7.19. The van der Waals surface area contributed by atoms with Crippen LogP contribution in [0, 0.1) is 6.92 Å². The Bertz CT molecular complexity index is 684. The maximum Gasteiger partial charge on any atom is 0.132 e. The van der Waals surface area contributed by atoms with Gasteiger partial charge in [-0.3, -0.25) is 4.90 Å². The van der Waals surface area contributed by atoms with Crippen LogP contribution in [0.1, 0.15) is 37.1 Å². The second-order valence-electron chi connectivity index (χ2n) is 7.19. The summed E-state index contributed by atoms with van der Waals surface area (Å²) >= 11 is 0. The number of piperidine rings is 1. The Kier molecular flexibility index (Phi) is 4.22. The largest absolute Gasteiger partial charge is 0.350 e. The summed E-state index contributed by atoms with van der Waals surface area (Å²) in [5.74, 6) is 1.12. The molecule has 4 rings (SSSR count). The number of hydrogen-bond donors (Lipinski definition) is 0. The van der Waals surface area contributed by atoms with Gasteiger partial charge in [-0.1, -0.05) is 0 Å². The van der Waals surface area contributed by atoms with Crippen LogP contribution >= 0.6 is 0 Å². The molecule has 6 heteroatoms. The molecule has 0 N–H and O–H groups in total. The normalized spacial score (nSPS) is 19.6. The molecule has 2 aliphatic rings. The monoisotopic (exact) mass is 326 g/mol. The highest BCUT2D eigenvalue weighted by Crippen LogP contribution is 2.35. The van der Waals surface area contributed by atoms with Crippen LogP contribution < -0.4 is 4.90 Å². The van der Waals surface area contributed by atoms with Gasteiger partial charge < -0.3 is 9.47 Å². The molecule has 6 nitrogen and oxygen atoms in total. The van der Waals surface area contributed by atoms with Crippen molar-refractivity contribution in [2.24, 2.45) is 7.05 Å². The summed E-state index contributed by atoms with van der Waals surface area (Å²) in [6.07, 6.45) is 10.7. The lowest BCUT2D eigenvalue weighted by atomic mass is 10.0. The molecule has 2 aromatic heterocycles. The molecule has 1 saturated carbocycles. The molecule has 0 aromatic carbocycles. The van der Waals surface area contributed by atoms with E-state index in [0.29, 0.717) is 12.1 Å². The van der Waals surface area contributed by atoms with Crippen molar-refractivity contribution in [1.29, 1.82) is 0 Å². The summed E-state index contributed by atoms with van der Waals surface area (Å²) in [5.41, 5.74) is 2.22. The van der Waals surface area contributed by atoms with Crippen LogP contribution in [0.2, 0.25) is 0 Å². The first-order valence-electron chi connectivity index (χ1n) is 8.95. The molecule has 0 bridgehead atoms. The highest BCUT2D eigenvalue weighted by molar-refractivity contribution is 5.43. The van der Waals surface area contributed by atoms with Crippen molar-refractivity contribution in [3.8, 4) is 0 Å². The first kappa shape index (κ1) is 15.6. The zero-order valence-corrected chi connectivity index (χ0v) is 14.6. The van der Waals surface area contributed by atoms with Gasteiger partial charge in [-0.15, -0.1) is 0 Å². The molecule has 1 aliphatic carbocycles. The number of aryl methyl sites for hydroxylation is 2. The fourth-order valence-corrected chi connectivity index (χ4v) is 3.74. The van der Waals surface area contributed by atoms with Gasteiger partial charge in [-0.25, -0.2) is 15.0 Å². The molecule has 2 aromatic rings. The van der Waals surface area contributed by atoms with Crippen molar-refractivity contribution in [1.82, 2.24) is 24.4 Å². The quantitative estimate of drug-likeness (QED) is 0.843. The first-order valence-corrected chi connectivity index (χ1v) is 8.95. The predicted octanol–water partition coefficient (Wildman–Crippen LogP) is 2.15. The van der Waals surface area contributed by atoms with Gasteiger partial charge in [-0.05, 0) is 32.6 Å². The maximum atomic E-state index is 4.55. The molecule has 3 heterocycles. The van der Waals surface area contributed by atoms with E-state index in [-0.39, 0.29) is 0 Å². The summed E-state index contributed by atoms with van der Waals surface area (Å²) in [5, 5.41) is 0. The molecule has 0 atom stereocenters. The number of anilines is 1. The summed E-state index contributed by atoms with van der Waals surface area (Å²) in [6, 6.07) is 3.43. The molecule has 0 unspecified atom stereocenters. The Morgan fingerprint density at radius 2 is 1.83 bits per heavy atom. The van der Waals surface area contributed by atoms with E-state index in [2.05, 4.69) is 37.0 Å². The average Bonchev–Trinajstić information content (AvgIpc) is 3.32. The van der Waals surface area contributed by atoms with E-state index >= 15 is 0 Å².